The zero-order chi connectivity index (χ0) is 15.4. The molecule has 4 heteroatoms. The average molecular weight is 323 g/mol. The van der Waals surface area contributed by atoms with Gasteiger partial charge in [0.25, 0.3) is 0 Å². The maximum absolute atomic E-state index is 6.31. The molecule has 0 fully saturated rings. The third-order valence-electron chi connectivity index (χ3n) is 3.76. The van der Waals surface area contributed by atoms with Crippen LogP contribution < -0.4 is 10.6 Å². The molecule has 0 amide bonds. The predicted octanol–water partition coefficient (Wildman–Crippen LogP) is 4.69. The van der Waals surface area contributed by atoms with Crippen LogP contribution >= 0.6 is 23.2 Å². The smallest absolute Gasteiger partial charge is 0.0676 e. The van der Waals surface area contributed by atoms with Crippen molar-refractivity contribution in [3.63, 3.8) is 0 Å². The molecule has 0 aliphatic rings. The third-order valence-corrected chi connectivity index (χ3v) is 4.34. The van der Waals surface area contributed by atoms with Gasteiger partial charge in [0.1, 0.15) is 0 Å². The number of nitrogens with two attached hydrogens (primary N) is 1. The van der Waals surface area contributed by atoms with Crippen LogP contribution in [0.25, 0.3) is 0 Å². The number of rotatable bonds is 5. The molecule has 0 aliphatic carbocycles. The van der Waals surface area contributed by atoms with E-state index in [2.05, 4.69) is 36.1 Å². The molecule has 0 spiro atoms. The lowest BCUT2D eigenvalue weighted by atomic mass is 10.0. The Morgan fingerprint density at radius 2 is 1.76 bits per heavy atom. The fraction of sp³-hybridized carbons (Fsp3) is 0.294. The first-order valence-electron chi connectivity index (χ1n) is 7.03. The van der Waals surface area contributed by atoms with Crippen LogP contribution in [0.2, 0.25) is 10.0 Å². The third kappa shape index (κ3) is 3.70. The van der Waals surface area contributed by atoms with E-state index in [4.69, 9.17) is 28.9 Å². The molecule has 2 N–H and O–H groups in total. The summed E-state index contributed by atoms with van der Waals surface area (Å²) in [5, 5.41) is 1.36. The summed E-state index contributed by atoms with van der Waals surface area (Å²) in [7, 11) is 2.02. The van der Waals surface area contributed by atoms with Gasteiger partial charge in [0.05, 0.1) is 6.04 Å². The first-order chi connectivity index (χ1) is 10.1. The first-order valence-corrected chi connectivity index (χ1v) is 7.79. The molecule has 0 heterocycles. The average Bonchev–Trinajstić information content (AvgIpc) is 2.51. The van der Waals surface area contributed by atoms with E-state index in [1.54, 1.807) is 6.07 Å². The van der Waals surface area contributed by atoms with Crippen molar-refractivity contribution in [1.29, 1.82) is 0 Å². The van der Waals surface area contributed by atoms with E-state index in [9.17, 15) is 0 Å². The minimum Gasteiger partial charge on any atom is -0.366 e. The Labute approximate surface area is 136 Å². The number of hydrogen-bond donors (Lipinski definition) is 1. The molecule has 0 saturated carbocycles. The lowest BCUT2D eigenvalue weighted by molar-refractivity contribution is 0.681. The second-order valence-electron chi connectivity index (χ2n) is 5.05. The summed E-state index contributed by atoms with van der Waals surface area (Å²) in [5.41, 5.74) is 9.35. The highest BCUT2D eigenvalue weighted by atomic mass is 35.5. The Bertz CT molecular complexity index is 596. The van der Waals surface area contributed by atoms with Crippen molar-refractivity contribution in [2.75, 3.05) is 18.5 Å². The Morgan fingerprint density at radius 1 is 1.10 bits per heavy atom. The monoisotopic (exact) mass is 322 g/mol. The minimum absolute atomic E-state index is 0.0105. The predicted molar refractivity (Wildman–Crippen MR) is 92.5 cm³/mol. The van der Waals surface area contributed by atoms with E-state index in [0.29, 0.717) is 16.6 Å². The summed E-state index contributed by atoms with van der Waals surface area (Å²) in [6.07, 6.45) is 1.03. The first kappa shape index (κ1) is 16.2. The number of aryl methyl sites for hydroxylation is 1. The number of hydrogen-bond acceptors (Lipinski definition) is 2. The summed E-state index contributed by atoms with van der Waals surface area (Å²) >= 11 is 12.4. The standard InChI is InChI=1S/C17H20Cl2N2/c1-3-12-4-7-14(8-5-12)21(2)17(11-20)15-10-13(18)6-9-16(15)19/h4-10,17H,3,11,20H2,1-2H3. The zero-order valence-electron chi connectivity index (χ0n) is 12.3. The van der Waals surface area contributed by atoms with Crippen LogP contribution in [0.3, 0.4) is 0 Å². The van der Waals surface area contributed by atoms with Crippen LogP contribution in [-0.4, -0.2) is 13.6 Å². The largest absolute Gasteiger partial charge is 0.366 e. The van der Waals surface area contributed by atoms with E-state index < -0.39 is 0 Å². The van der Waals surface area contributed by atoms with Gasteiger partial charge in [-0.1, -0.05) is 42.3 Å². The van der Waals surface area contributed by atoms with Gasteiger partial charge in [0.2, 0.25) is 0 Å². The summed E-state index contributed by atoms with van der Waals surface area (Å²) in [5.74, 6) is 0. The van der Waals surface area contributed by atoms with Crippen molar-refractivity contribution >= 4 is 28.9 Å². The van der Waals surface area contributed by atoms with Crippen LogP contribution in [0.15, 0.2) is 42.5 Å². The molecule has 21 heavy (non-hydrogen) atoms. The molecule has 1 atom stereocenters. The van der Waals surface area contributed by atoms with E-state index >= 15 is 0 Å². The topological polar surface area (TPSA) is 29.3 Å². The molecule has 0 bridgehead atoms. The van der Waals surface area contributed by atoms with Crippen molar-refractivity contribution in [1.82, 2.24) is 0 Å². The highest BCUT2D eigenvalue weighted by Crippen LogP contribution is 2.31. The van der Waals surface area contributed by atoms with Gasteiger partial charge in [0, 0.05) is 29.3 Å². The summed E-state index contributed by atoms with van der Waals surface area (Å²) in [4.78, 5) is 2.14. The SMILES string of the molecule is CCc1ccc(N(C)C(CN)c2cc(Cl)ccc2Cl)cc1. The second kappa shape index (κ2) is 7.17. The van der Waals surface area contributed by atoms with Gasteiger partial charge in [-0.3, -0.25) is 0 Å². The quantitative estimate of drug-likeness (QED) is 0.865. The van der Waals surface area contributed by atoms with Crippen LogP contribution in [0.5, 0.6) is 0 Å². The fourth-order valence-electron chi connectivity index (χ4n) is 2.41. The van der Waals surface area contributed by atoms with Crippen molar-refractivity contribution in [2.45, 2.75) is 19.4 Å². The van der Waals surface area contributed by atoms with Crippen LogP contribution in [0.1, 0.15) is 24.1 Å². The zero-order valence-corrected chi connectivity index (χ0v) is 13.8. The van der Waals surface area contributed by atoms with Crippen LogP contribution in [0.4, 0.5) is 5.69 Å². The van der Waals surface area contributed by atoms with Gasteiger partial charge in [-0.25, -0.2) is 0 Å². The molecule has 0 saturated heterocycles. The highest BCUT2D eigenvalue weighted by Gasteiger charge is 2.19. The van der Waals surface area contributed by atoms with Crippen molar-refractivity contribution in [3.05, 3.63) is 63.6 Å². The lowest BCUT2D eigenvalue weighted by Gasteiger charge is -2.30. The van der Waals surface area contributed by atoms with Gasteiger partial charge < -0.3 is 10.6 Å². The van der Waals surface area contributed by atoms with Gasteiger partial charge in [-0.05, 0) is 47.9 Å². The van der Waals surface area contributed by atoms with E-state index in [1.165, 1.54) is 5.56 Å². The number of anilines is 1. The molecule has 0 aromatic heterocycles. The lowest BCUT2D eigenvalue weighted by Crippen LogP contribution is -2.30. The van der Waals surface area contributed by atoms with Crippen molar-refractivity contribution < 1.29 is 0 Å². The maximum atomic E-state index is 6.31. The Balaban J connectivity index is 2.33. The Morgan fingerprint density at radius 3 is 2.33 bits per heavy atom. The van der Waals surface area contributed by atoms with E-state index in [1.807, 2.05) is 19.2 Å². The number of nitrogens with zero attached hydrogens (tertiary/aromatic N) is 1. The summed E-state index contributed by atoms with van der Waals surface area (Å²) in [6, 6.07) is 14.0. The number of halogens is 2. The second-order valence-corrected chi connectivity index (χ2v) is 5.89. The Hall–Kier alpha value is -1.22. The van der Waals surface area contributed by atoms with Crippen molar-refractivity contribution in [3.8, 4) is 0 Å². The fourth-order valence-corrected chi connectivity index (χ4v) is 2.83. The maximum Gasteiger partial charge on any atom is 0.0676 e. The summed E-state index contributed by atoms with van der Waals surface area (Å²) in [6.45, 7) is 2.61. The van der Waals surface area contributed by atoms with E-state index in [0.717, 1.165) is 17.7 Å². The van der Waals surface area contributed by atoms with Gasteiger partial charge in [-0.2, -0.15) is 0 Å². The molecular weight excluding hydrogens is 303 g/mol. The van der Waals surface area contributed by atoms with Crippen LogP contribution in [0, 0.1) is 0 Å². The molecular formula is C17H20Cl2N2. The molecule has 2 aromatic rings. The molecule has 0 radical (unpaired) electrons. The Kier molecular flexibility index (Phi) is 5.51. The van der Waals surface area contributed by atoms with Crippen molar-refractivity contribution in [2.24, 2.45) is 5.73 Å². The molecule has 2 nitrogen and oxygen atoms in total. The molecule has 112 valence electrons. The van der Waals surface area contributed by atoms with Crippen LogP contribution in [-0.2, 0) is 6.42 Å². The molecule has 0 aliphatic heterocycles. The number of likely N-dealkylation sites (N-methyl/N-ethyl adjacent to an activating group) is 1. The molecule has 2 aromatic carbocycles. The summed E-state index contributed by atoms with van der Waals surface area (Å²) < 4.78 is 0. The van der Waals surface area contributed by atoms with Gasteiger partial charge >= 0.3 is 0 Å². The van der Waals surface area contributed by atoms with E-state index in [-0.39, 0.29) is 6.04 Å². The highest BCUT2D eigenvalue weighted by molar-refractivity contribution is 6.33. The number of benzene rings is 2. The minimum atomic E-state index is -0.0105. The molecule has 1 unspecified atom stereocenters. The molecule has 2 rings (SSSR count). The van der Waals surface area contributed by atoms with Gasteiger partial charge in [-0.15, -0.1) is 0 Å². The normalized spacial score (nSPS) is 12.2. The van der Waals surface area contributed by atoms with Gasteiger partial charge in [0.15, 0.2) is 0 Å².